The Bertz CT molecular complexity index is 844. The van der Waals surface area contributed by atoms with Crippen LogP contribution >= 0.6 is 11.3 Å². The van der Waals surface area contributed by atoms with E-state index >= 15 is 0 Å². The van der Waals surface area contributed by atoms with E-state index in [0.717, 1.165) is 4.88 Å². The predicted octanol–water partition coefficient (Wildman–Crippen LogP) is 3.51. The summed E-state index contributed by atoms with van der Waals surface area (Å²) >= 11 is 1.26. The van der Waals surface area contributed by atoms with E-state index in [0.29, 0.717) is 21.9 Å². The number of thiophene rings is 1. The van der Waals surface area contributed by atoms with Crippen LogP contribution in [0, 0.1) is 13.8 Å². The van der Waals surface area contributed by atoms with Crippen LogP contribution in [-0.2, 0) is 4.74 Å². The molecule has 0 bridgehead atoms. The average Bonchev–Trinajstić information content (AvgIpc) is 2.88. The Kier molecular flexibility index (Phi) is 6.35. The van der Waals surface area contributed by atoms with Gasteiger partial charge in [0.05, 0.1) is 24.8 Å². The molecule has 2 N–H and O–H groups in total. The molecule has 0 saturated heterocycles. The first kappa shape index (κ1) is 19.5. The minimum absolute atomic E-state index is 0.151. The zero-order chi connectivity index (χ0) is 19.3. The largest absolute Gasteiger partial charge is 0.496 e. The first-order valence-corrected chi connectivity index (χ1v) is 8.73. The molecule has 2 rings (SSSR count). The topological polar surface area (TPSA) is 93.7 Å². The van der Waals surface area contributed by atoms with Crippen LogP contribution in [0.4, 0.5) is 9.80 Å². The van der Waals surface area contributed by atoms with Crippen LogP contribution in [0.3, 0.4) is 0 Å². The standard InChI is InChI=1S/C18H20N2O5S/c1-5-25-18(23)20-16(22)14-10(2)11(3)26-17(14)19-15(21)12-8-6-7-9-13(12)24-4/h6-9H,5H2,1-4H3,(H,19,21)(H,20,22,23). The average molecular weight is 376 g/mol. The Morgan fingerprint density at radius 2 is 1.81 bits per heavy atom. The van der Waals surface area contributed by atoms with Gasteiger partial charge in [0.1, 0.15) is 10.8 Å². The Morgan fingerprint density at radius 3 is 2.46 bits per heavy atom. The third-order valence-electron chi connectivity index (χ3n) is 3.68. The third kappa shape index (κ3) is 4.20. The van der Waals surface area contributed by atoms with Gasteiger partial charge >= 0.3 is 6.09 Å². The molecule has 0 aliphatic heterocycles. The number of para-hydroxylation sites is 1. The molecule has 7 nitrogen and oxygen atoms in total. The van der Waals surface area contributed by atoms with Crippen LogP contribution in [0.15, 0.2) is 24.3 Å². The number of amides is 3. The molecule has 1 aromatic carbocycles. The molecular weight excluding hydrogens is 356 g/mol. The van der Waals surface area contributed by atoms with Crippen molar-refractivity contribution < 1.29 is 23.9 Å². The van der Waals surface area contributed by atoms with Crippen LogP contribution < -0.4 is 15.4 Å². The fourth-order valence-corrected chi connectivity index (χ4v) is 3.37. The summed E-state index contributed by atoms with van der Waals surface area (Å²) in [6, 6.07) is 6.78. The number of imide groups is 1. The van der Waals surface area contributed by atoms with Crippen molar-refractivity contribution in [2.75, 3.05) is 19.0 Å². The number of anilines is 1. The molecule has 0 fully saturated rings. The van der Waals surface area contributed by atoms with Gasteiger partial charge < -0.3 is 14.8 Å². The van der Waals surface area contributed by atoms with Crippen LogP contribution in [0.1, 0.15) is 38.1 Å². The first-order chi connectivity index (χ1) is 12.4. The smallest absolute Gasteiger partial charge is 0.414 e. The number of methoxy groups -OCH3 is 1. The van der Waals surface area contributed by atoms with Crippen molar-refractivity contribution in [1.29, 1.82) is 0 Å². The SMILES string of the molecule is CCOC(=O)NC(=O)c1c(NC(=O)c2ccccc2OC)sc(C)c1C. The van der Waals surface area contributed by atoms with E-state index in [2.05, 4.69) is 10.6 Å². The molecule has 3 amide bonds. The quantitative estimate of drug-likeness (QED) is 0.833. The number of rotatable bonds is 5. The fraction of sp³-hybridized carbons (Fsp3) is 0.278. The van der Waals surface area contributed by atoms with Gasteiger partial charge in [-0.2, -0.15) is 0 Å². The van der Waals surface area contributed by atoms with Gasteiger partial charge in [0.2, 0.25) is 0 Å². The monoisotopic (exact) mass is 376 g/mol. The molecule has 0 aliphatic rings. The molecule has 138 valence electrons. The maximum Gasteiger partial charge on any atom is 0.414 e. The lowest BCUT2D eigenvalue weighted by molar-refractivity contribution is 0.0925. The highest BCUT2D eigenvalue weighted by atomic mass is 32.1. The van der Waals surface area contributed by atoms with E-state index in [4.69, 9.17) is 9.47 Å². The van der Waals surface area contributed by atoms with Crippen molar-refractivity contribution in [2.45, 2.75) is 20.8 Å². The fourth-order valence-electron chi connectivity index (χ4n) is 2.31. The molecule has 1 aromatic heterocycles. The second-order valence-electron chi connectivity index (χ2n) is 5.32. The van der Waals surface area contributed by atoms with Gasteiger partial charge in [-0.1, -0.05) is 12.1 Å². The second-order valence-corrected chi connectivity index (χ2v) is 6.54. The number of carbonyl (C=O) groups excluding carboxylic acids is 3. The number of carbonyl (C=O) groups is 3. The summed E-state index contributed by atoms with van der Waals surface area (Å²) in [5.41, 5.74) is 1.27. The second kappa shape index (κ2) is 8.48. The maximum atomic E-state index is 12.6. The van der Waals surface area contributed by atoms with Crippen molar-refractivity contribution in [3.8, 4) is 5.75 Å². The molecule has 0 spiro atoms. The van der Waals surface area contributed by atoms with Crippen molar-refractivity contribution in [1.82, 2.24) is 5.32 Å². The van der Waals surface area contributed by atoms with E-state index in [-0.39, 0.29) is 12.2 Å². The molecule has 2 aromatic rings. The van der Waals surface area contributed by atoms with E-state index in [1.807, 2.05) is 6.92 Å². The molecule has 0 atom stereocenters. The van der Waals surface area contributed by atoms with E-state index in [1.54, 1.807) is 38.1 Å². The molecule has 0 aliphatic carbocycles. The van der Waals surface area contributed by atoms with Gasteiger partial charge in [-0.25, -0.2) is 4.79 Å². The van der Waals surface area contributed by atoms with E-state index < -0.39 is 17.9 Å². The maximum absolute atomic E-state index is 12.6. The zero-order valence-electron chi connectivity index (χ0n) is 15.0. The summed E-state index contributed by atoms with van der Waals surface area (Å²) in [6.45, 7) is 5.38. The van der Waals surface area contributed by atoms with Gasteiger partial charge in [-0.05, 0) is 38.5 Å². The summed E-state index contributed by atoms with van der Waals surface area (Å²) in [4.78, 5) is 37.4. The Hall–Kier alpha value is -2.87. The Morgan fingerprint density at radius 1 is 1.12 bits per heavy atom. The summed E-state index contributed by atoms with van der Waals surface area (Å²) < 4.78 is 9.92. The zero-order valence-corrected chi connectivity index (χ0v) is 15.8. The number of alkyl carbamates (subject to hydrolysis) is 1. The summed E-state index contributed by atoms with van der Waals surface area (Å²) in [7, 11) is 1.48. The van der Waals surface area contributed by atoms with E-state index in [1.165, 1.54) is 18.4 Å². The third-order valence-corrected chi connectivity index (χ3v) is 4.80. The normalized spacial score (nSPS) is 10.2. The van der Waals surface area contributed by atoms with Gasteiger partial charge in [0.25, 0.3) is 11.8 Å². The number of hydrogen-bond acceptors (Lipinski definition) is 6. The highest BCUT2D eigenvalue weighted by Gasteiger charge is 2.24. The molecule has 0 unspecified atom stereocenters. The summed E-state index contributed by atoms with van der Waals surface area (Å²) in [6.07, 6.45) is -0.831. The van der Waals surface area contributed by atoms with Crippen molar-refractivity contribution in [3.63, 3.8) is 0 Å². The molecule has 0 radical (unpaired) electrons. The van der Waals surface area contributed by atoms with Crippen LogP contribution in [0.5, 0.6) is 5.75 Å². The lowest BCUT2D eigenvalue weighted by atomic mass is 10.1. The predicted molar refractivity (Wildman–Crippen MR) is 99.2 cm³/mol. The van der Waals surface area contributed by atoms with E-state index in [9.17, 15) is 14.4 Å². The Labute approximate surface area is 155 Å². The van der Waals surface area contributed by atoms with Crippen molar-refractivity contribution in [3.05, 3.63) is 45.8 Å². The summed E-state index contributed by atoms with van der Waals surface area (Å²) in [5.74, 6) is -0.609. The van der Waals surface area contributed by atoms with Gasteiger partial charge in [-0.3, -0.25) is 14.9 Å². The molecular formula is C18H20N2O5S. The van der Waals surface area contributed by atoms with Crippen molar-refractivity contribution in [2.24, 2.45) is 0 Å². The highest BCUT2D eigenvalue weighted by Crippen LogP contribution is 2.33. The molecule has 0 saturated carbocycles. The van der Waals surface area contributed by atoms with Crippen molar-refractivity contribution >= 4 is 34.2 Å². The number of hydrogen-bond donors (Lipinski definition) is 2. The van der Waals surface area contributed by atoms with Crippen LogP contribution in [0.2, 0.25) is 0 Å². The molecule has 1 heterocycles. The van der Waals surface area contributed by atoms with Crippen LogP contribution in [0.25, 0.3) is 0 Å². The van der Waals surface area contributed by atoms with Crippen LogP contribution in [-0.4, -0.2) is 31.6 Å². The molecule has 26 heavy (non-hydrogen) atoms. The lowest BCUT2D eigenvalue weighted by Crippen LogP contribution is -2.32. The van der Waals surface area contributed by atoms with Gasteiger partial charge in [0, 0.05) is 4.88 Å². The number of nitrogens with one attached hydrogen (secondary N) is 2. The number of benzene rings is 1. The molecule has 8 heteroatoms. The first-order valence-electron chi connectivity index (χ1n) is 7.91. The summed E-state index contributed by atoms with van der Waals surface area (Å²) in [5, 5.41) is 5.25. The Balaban J connectivity index is 2.30. The van der Waals surface area contributed by atoms with Gasteiger partial charge in [0.15, 0.2) is 0 Å². The number of aryl methyl sites for hydroxylation is 1. The lowest BCUT2D eigenvalue weighted by Gasteiger charge is -2.10. The minimum Gasteiger partial charge on any atom is -0.496 e. The number of ether oxygens (including phenoxy) is 2. The highest BCUT2D eigenvalue weighted by molar-refractivity contribution is 7.16. The minimum atomic E-state index is -0.831. The van der Waals surface area contributed by atoms with Gasteiger partial charge in [-0.15, -0.1) is 11.3 Å².